The minimum Gasteiger partial charge on any atom is -0.366 e. The molecule has 0 atom stereocenters. The van der Waals surface area contributed by atoms with Crippen molar-refractivity contribution in [3.8, 4) is 0 Å². The molecule has 5 heteroatoms. The summed E-state index contributed by atoms with van der Waals surface area (Å²) in [5, 5.41) is 0. The van der Waals surface area contributed by atoms with E-state index >= 15 is 0 Å². The van der Waals surface area contributed by atoms with Crippen LogP contribution in [-0.2, 0) is 9.84 Å². The number of sulfone groups is 1. The van der Waals surface area contributed by atoms with Gasteiger partial charge in [-0.2, -0.15) is 0 Å². The zero-order valence-corrected chi connectivity index (χ0v) is 14.8. The standard InChI is InChI=1S/C18H22N2O2S/c1-5-20(4)13-19-17-11-15(3)18(12-14(17)2)23(21,22)16-9-7-6-8-10-16/h6-13H,5H2,1-4H3. The van der Waals surface area contributed by atoms with Crippen LogP contribution < -0.4 is 0 Å². The quantitative estimate of drug-likeness (QED) is 0.620. The van der Waals surface area contributed by atoms with E-state index in [2.05, 4.69) is 4.99 Å². The largest absolute Gasteiger partial charge is 0.366 e. The Kier molecular flexibility index (Phi) is 5.21. The molecule has 0 radical (unpaired) electrons. The van der Waals surface area contributed by atoms with Crippen molar-refractivity contribution in [3.63, 3.8) is 0 Å². The Bertz CT molecular complexity index is 812. The van der Waals surface area contributed by atoms with Crippen LogP contribution in [0.4, 0.5) is 5.69 Å². The van der Waals surface area contributed by atoms with Gasteiger partial charge in [0.15, 0.2) is 0 Å². The molecule has 0 heterocycles. The lowest BCUT2D eigenvalue weighted by molar-refractivity contribution is 0.552. The summed E-state index contributed by atoms with van der Waals surface area (Å²) in [6.45, 7) is 6.58. The van der Waals surface area contributed by atoms with Gasteiger partial charge in [0, 0.05) is 13.6 Å². The molecule has 2 aromatic carbocycles. The second kappa shape index (κ2) is 6.96. The van der Waals surface area contributed by atoms with Gasteiger partial charge in [0.05, 0.1) is 21.8 Å². The lowest BCUT2D eigenvalue weighted by Gasteiger charge is -2.12. The first-order chi connectivity index (χ1) is 10.9. The maximum atomic E-state index is 12.8. The molecule has 122 valence electrons. The predicted octanol–water partition coefficient (Wildman–Crippen LogP) is 3.75. The van der Waals surface area contributed by atoms with E-state index in [0.29, 0.717) is 15.4 Å². The number of hydrogen-bond donors (Lipinski definition) is 0. The summed E-state index contributed by atoms with van der Waals surface area (Å²) in [6, 6.07) is 12.0. The van der Waals surface area contributed by atoms with Crippen LogP contribution in [0.5, 0.6) is 0 Å². The van der Waals surface area contributed by atoms with Gasteiger partial charge >= 0.3 is 0 Å². The Balaban J connectivity index is 2.47. The van der Waals surface area contributed by atoms with Gasteiger partial charge in [-0.3, -0.25) is 0 Å². The highest BCUT2D eigenvalue weighted by molar-refractivity contribution is 7.91. The molecule has 0 aliphatic carbocycles. The number of benzene rings is 2. The number of hydrogen-bond acceptors (Lipinski definition) is 3. The third-order valence-electron chi connectivity index (χ3n) is 3.73. The van der Waals surface area contributed by atoms with E-state index in [-0.39, 0.29) is 0 Å². The highest BCUT2D eigenvalue weighted by Crippen LogP contribution is 2.29. The van der Waals surface area contributed by atoms with Gasteiger partial charge in [-0.15, -0.1) is 0 Å². The van der Waals surface area contributed by atoms with Gasteiger partial charge in [0.1, 0.15) is 0 Å². The molecule has 0 bridgehead atoms. The summed E-state index contributed by atoms with van der Waals surface area (Å²) in [7, 11) is -1.56. The highest BCUT2D eigenvalue weighted by atomic mass is 32.2. The second-order valence-electron chi connectivity index (χ2n) is 5.54. The van der Waals surface area contributed by atoms with Gasteiger partial charge in [-0.25, -0.2) is 13.4 Å². The molecule has 0 aliphatic heterocycles. The molecule has 0 saturated heterocycles. The van der Waals surface area contributed by atoms with Crippen molar-refractivity contribution in [2.75, 3.05) is 13.6 Å². The van der Waals surface area contributed by atoms with Crippen LogP contribution in [0.2, 0.25) is 0 Å². The summed E-state index contributed by atoms with van der Waals surface area (Å²) < 4.78 is 25.6. The monoisotopic (exact) mass is 330 g/mol. The Hall–Kier alpha value is -2.14. The van der Waals surface area contributed by atoms with Crippen molar-refractivity contribution in [2.24, 2.45) is 4.99 Å². The zero-order valence-electron chi connectivity index (χ0n) is 13.9. The molecule has 0 aliphatic rings. The molecule has 0 spiro atoms. The first kappa shape index (κ1) is 17.2. The van der Waals surface area contributed by atoms with E-state index in [9.17, 15) is 8.42 Å². The molecule has 0 saturated carbocycles. The van der Waals surface area contributed by atoms with E-state index < -0.39 is 9.84 Å². The molecule has 0 aromatic heterocycles. The first-order valence-electron chi connectivity index (χ1n) is 7.52. The number of rotatable bonds is 5. The zero-order chi connectivity index (χ0) is 17.0. The first-order valence-corrected chi connectivity index (χ1v) is 9.00. The van der Waals surface area contributed by atoms with Crippen molar-refractivity contribution in [1.82, 2.24) is 4.90 Å². The maximum Gasteiger partial charge on any atom is 0.206 e. The Labute approximate surface area is 138 Å². The predicted molar refractivity (Wildman–Crippen MR) is 94.3 cm³/mol. The fourth-order valence-corrected chi connectivity index (χ4v) is 3.76. The molecule has 0 amide bonds. The molecule has 23 heavy (non-hydrogen) atoms. The van der Waals surface area contributed by atoms with E-state index in [1.165, 1.54) is 0 Å². The van der Waals surface area contributed by atoms with Crippen LogP contribution >= 0.6 is 0 Å². The minimum absolute atomic E-state index is 0.310. The molecule has 2 rings (SSSR count). The van der Waals surface area contributed by atoms with Crippen LogP contribution in [0.3, 0.4) is 0 Å². The molecule has 0 fully saturated rings. The molecule has 0 N–H and O–H groups in total. The summed E-state index contributed by atoms with van der Waals surface area (Å²) in [5.41, 5.74) is 2.33. The SMILES string of the molecule is CCN(C)C=Nc1cc(C)c(S(=O)(=O)c2ccccc2)cc1C. The summed E-state index contributed by atoms with van der Waals surface area (Å²) >= 11 is 0. The molecular weight excluding hydrogens is 308 g/mol. The second-order valence-corrected chi connectivity index (χ2v) is 7.46. The molecule has 2 aromatic rings. The summed E-state index contributed by atoms with van der Waals surface area (Å²) in [5.74, 6) is 0. The normalized spacial score (nSPS) is 11.8. The molecular formula is C18H22N2O2S. The highest BCUT2D eigenvalue weighted by Gasteiger charge is 2.20. The Morgan fingerprint density at radius 3 is 2.35 bits per heavy atom. The number of nitrogens with zero attached hydrogens (tertiary/aromatic N) is 2. The van der Waals surface area contributed by atoms with Gasteiger partial charge in [-0.1, -0.05) is 18.2 Å². The van der Waals surface area contributed by atoms with Gasteiger partial charge < -0.3 is 4.90 Å². The van der Waals surface area contributed by atoms with E-state index in [0.717, 1.165) is 17.8 Å². The lowest BCUT2D eigenvalue weighted by atomic mass is 10.1. The smallest absolute Gasteiger partial charge is 0.206 e. The average Bonchev–Trinajstić information content (AvgIpc) is 2.55. The Morgan fingerprint density at radius 2 is 1.74 bits per heavy atom. The van der Waals surface area contributed by atoms with Crippen molar-refractivity contribution < 1.29 is 8.42 Å². The lowest BCUT2D eigenvalue weighted by Crippen LogP contribution is -2.14. The van der Waals surface area contributed by atoms with Gasteiger partial charge in [0.25, 0.3) is 0 Å². The van der Waals surface area contributed by atoms with Crippen molar-refractivity contribution in [2.45, 2.75) is 30.6 Å². The van der Waals surface area contributed by atoms with Crippen molar-refractivity contribution in [1.29, 1.82) is 0 Å². The van der Waals surface area contributed by atoms with E-state index in [4.69, 9.17) is 0 Å². The van der Waals surface area contributed by atoms with E-state index in [1.54, 1.807) is 49.7 Å². The number of aliphatic imine (C=N–C) groups is 1. The summed E-state index contributed by atoms with van der Waals surface area (Å²) in [6.07, 6.45) is 1.76. The van der Waals surface area contributed by atoms with Gasteiger partial charge in [0.2, 0.25) is 9.84 Å². The average molecular weight is 330 g/mol. The van der Waals surface area contributed by atoms with Crippen LogP contribution in [0.15, 0.2) is 57.2 Å². The van der Waals surface area contributed by atoms with Crippen LogP contribution in [0, 0.1) is 13.8 Å². The van der Waals surface area contributed by atoms with Crippen LogP contribution in [0.1, 0.15) is 18.1 Å². The fraction of sp³-hybridized carbons (Fsp3) is 0.278. The van der Waals surface area contributed by atoms with Crippen LogP contribution in [0.25, 0.3) is 0 Å². The van der Waals surface area contributed by atoms with Crippen molar-refractivity contribution in [3.05, 3.63) is 53.6 Å². The van der Waals surface area contributed by atoms with Crippen LogP contribution in [-0.4, -0.2) is 33.2 Å². The maximum absolute atomic E-state index is 12.8. The number of aryl methyl sites for hydroxylation is 2. The summed E-state index contributed by atoms with van der Waals surface area (Å²) in [4.78, 5) is 7.05. The van der Waals surface area contributed by atoms with Gasteiger partial charge in [-0.05, 0) is 56.2 Å². The molecule has 4 nitrogen and oxygen atoms in total. The minimum atomic E-state index is -3.51. The third-order valence-corrected chi connectivity index (χ3v) is 5.64. The Morgan fingerprint density at radius 1 is 1.09 bits per heavy atom. The topological polar surface area (TPSA) is 49.7 Å². The fourth-order valence-electron chi connectivity index (χ4n) is 2.17. The molecule has 0 unspecified atom stereocenters. The third kappa shape index (κ3) is 3.79. The van der Waals surface area contributed by atoms with Crippen molar-refractivity contribution >= 4 is 21.9 Å². The van der Waals surface area contributed by atoms with E-state index in [1.807, 2.05) is 31.9 Å².